The van der Waals surface area contributed by atoms with Crippen LogP contribution in [0.15, 0.2) is 12.4 Å². The van der Waals surface area contributed by atoms with E-state index in [0.717, 1.165) is 5.46 Å². The molecule has 10 heteroatoms. The van der Waals surface area contributed by atoms with Crippen LogP contribution >= 0.6 is 0 Å². The number of nitrogens with zero attached hydrogens (tertiary/aromatic N) is 2. The number of carbonyl (C=O) groups is 2. The Bertz CT molecular complexity index is 709. The molecule has 1 amide bonds. The molecular formula is C18H30BN3O6. The van der Waals surface area contributed by atoms with E-state index >= 15 is 0 Å². The third kappa shape index (κ3) is 5.26. The zero-order chi connectivity index (χ0) is 21.3. The van der Waals surface area contributed by atoms with Gasteiger partial charge in [-0.3, -0.25) is 4.68 Å². The largest absolute Gasteiger partial charge is 0.498 e. The maximum atomic E-state index is 12.1. The number of rotatable bonds is 5. The SMILES string of the molecule is COC(=O)[C@H](Cn1cc(B2OC(C)(C)C(C)(C)O2)cn1)NC(=O)OC(C)(C)C. The fourth-order valence-corrected chi connectivity index (χ4v) is 2.54. The Kier molecular flexibility index (Phi) is 6.15. The monoisotopic (exact) mass is 395 g/mol. The summed E-state index contributed by atoms with van der Waals surface area (Å²) in [6.07, 6.45) is 2.62. The number of aromatic nitrogens is 2. The molecule has 28 heavy (non-hydrogen) atoms. The van der Waals surface area contributed by atoms with E-state index in [-0.39, 0.29) is 6.54 Å². The molecule has 0 bridgehead atoms. The molecule has 0 aromatic carbocycles. The van der Waals surface area contributed by atoms with Gasteiger partial charge in [0.15, 0.2) is 0 Å². The third-order valence-corrected chi connectivity index (χ3v) is 4.72. The second kappa shape index (κ2) is 7.75. The Morgan fingerprint density at radius 3 is 2.32 bits per heavy atom. The number of amides is 1. The van der Waals surface area contributed by atoms with E-state index in [2.05, 4.69) is 10.4 Å². The summed E-state index contributed by atoms with van der Waals surface area (Å²) in [6, 6.07) is -0.953. The average molecular weight is 395 g/mol. The van der Waals surface area contributed by atoms with Crippen LogP contribution in [0.2, 0.25) is 0 Å². The lowest BCUT2D eigenvalue weighted by molar-refractivity contribution is -0.143. The van der Waals surface area contributed by atoms with Crippen LogP contribution in [0.4, 0.5) is 4.79 Å². The molecule has 156 valence electrons. The van der Waals surface area contributed by atoms with Gasteiger partial charge in [-0.05, 0) is 48.5 Å². The predicted octanol–water partition coefficient (Wildman–Crippen LogP) is 1.25. The van der Waals surface area contributed by atoms with Crippen molar-refractivity contribution in [1.82, 2.24) is 15.1 Å². The van der Waals surface area contributed by atoms with Crippen molar-refractivity contribution in [2.45, 2.75) is 77.9 Å². The van der Waals surface area contributed by atoms with E-state index < -0.39 is 42.0 Å². The van der Waals surface area contributed by atoms with Crippen LogP contribution in [-0.2, 0) is 30.1 Å². The number of ether oxygens (including phenoxy) is 2. The maximum Gasteiger partial charge on any atom is 0.498 e. The number of methoxy groups -OCH3 is 1. The Morgan fingerprint density at radius 1 is 1.25 bits per heavy atom. The van der Waals surface area contributed by atoms with E-state index in [1.54, 1.807) is 33.2 Å². The molecule has 1 aliphatic rings. The number of hydrogen-bond donors (Lipinski definition) is 1. The van der Waals surface area contributed by atoms with Crippen LogP contribution in [-0.4, -0.2) is 58.9 Å². The first kappa shape index (κ1) is 22.2. The first-order chi connectivity index (χ1) is 12.7. The second-order valence-electron chi connectivity index (χ2n) is 8.81. The van der Waals surface area contributed by atoms with Gasteiger partial charge >= 0.3 is 19.2 Å². The number of hydrogen-bond acceptors (Lipinski definition) is 7. The molecule has 0 aliphatic carbocycles. The highest BCUT2D eigenvalue weighted by molar-refractivity contribution is 6.62. The van der Waals surface area contributed by atoms with Crippen molar-refractivity contribution in [3.05, 3.63) is 12.4 Å². The summed E-state index contributed by atoms with van der Waals surface area (Å²) < 4.78 is 23.5. The van der Waals surface area contributed by atoms with Crippen LogP contribution in [0.25, 0.3) is 0 Å². The van der Waals surface area contributed by atoms with Crippen LogP contribution in [0.3, 0.4) is 0 Å². The zero-order valence-electron chi connectivity index (χ0n) is 17.9. The standard InChI is InChI=1S/C18H30BN3O6/c1-16(2,3)26-15(24)21-13(14(23)25-8)11-22-10-12(9-20-22)19-27-17(4,5)18(6,7)28-19/h9-10,13H,11H2,1-8H3,(H,21,24)/t13-/m0/s1. The molecule has 1 saturated heterocycles. The molecule has 9 nitrogen and oxygen atoms in total. The normalized spacial score (nSPS) is 19.2. The summed E-state index contributed by atoms with van der Waals surface area (Å²) in [5.74, 6) is -0.599. The van der Waals surface area contributed by atoms with Crippen LogP contribution in [0.5, 0.6) is 0 Å². The smallest absolute Gasteiger partial charge is 0.467 e. The van der Waals surface area contributed by atoms with Gasteiger partial charge in [-0.1, -0.05) is 0 Å². The summed E-state index contributed by atoms with van der Waals surface area (Å²) >= 11 is 0. The number of nitrogens with one attached hydrogen (secondary N) is 1. The first-order valence-corrected chi connectivity index (χ1v) is 9.19. The number of alkyl carbamates (subject to hydrolysis) is 1. The van der Waals surface area contributed by atoms with Gasteiger partial charge in [0.05, 0.1) is 24.9 Å². The van der Waals surface area contributed by atoms with Crippen LogP contribution in [0.1, 0.15) is 48.5 Å². The summed E-state index contributed by atoms with van der Waals surface area (Å²) in [5.41, 5.74) is -0.890. The summed E-state index contributed by atoms with van der Waals surface area (Å²) in [4.78, 5) is 24.1. The predicted molar refractivity (Wildman–Crippen MR) is 103 cm³/mol. The molecule has 1 atom stereocenters. The van der Waals surface area contributed by atoms with Gasteiger partial charge in [-0.15, -0.1) is 0 Å². The van der Waals surface area contributed by atoms with Crippen molar-refractivity contribution in [1.29, 1.82) is 0 Å². The Balaban J connectivity index is 2.08. The Hall–Kier alpha value is -2.07. The average Bonchev–Trinajstić information content (AvgIpc) is 3.06. The lowest BCUT2D eigenvalue weighted by Crippen LogP contribution is -2.46. The van der Waals surface area contributed by atoms with Crippen LogP contribution in [0, 0.1) is 0 Å². The van der Waals surface area contributed by atoms with Crippen molar-refractivity contribution >= 4 is 24.6 Å². The Morgan fingerprint density at radius 2 is 1.82 bits per heavy atom. The van der Waals surface area contributed by atoms with Gasteiger partial charge in [-0.2, -0.15) is 5.10 Å². The molecule has 0 spiro atoms. The fraction of sp³-hybridized carbons (Fsp3) is 0.722. The summed E-state index contributed by atoms with van der Waals surface area (Å²) in [5, 5.41) is 6.77. The van der Waals surface area contributed by atoms with Gasteiger partial charge < -0.3 is 24.1 Å². The number of esters is 1. The van der Waals surface area contributed by atoms with Crippen molar-refractivity contribution in [3.63, 3.8) is 0 Å². The highest BCUT2D eigenvalue weighted by atomic mass is 16.7. The molecule has 1 aromatic rings. The fourth-order valence-electron chi connectivity index (χ4n) is 2.54. The lowest BCUT2D eigenvalue weighted by Gasteiger charge is -2.32. The van der Waals surface area contributed by atoms with Crippen LogP contribution < -0.4 is 10.8 Å². The first-order valence-electron chi connectivity index (χ1n) is 9.19. The van der Waals surface area contributed by atoms with Gasteiger partial charge in [0.2, 0.25) is 0 Å². The minimum absolute atomic E-state index is 0.0748. The summed E-state index contributed by atoms with van der Waals surface area (Å²) in [6.45, 7) is 13.2. The molecule has 0 saturated carbocycles. The molecule has 0 unspecified atom stereocenters. The van der Waals surface area contributed by atoms with Crippen molar-refractivity contribution in [2.75, 3.05) is 7.11 Å². The van der Waals surface area contributed by atoms with E-state index in [9.17, 15) is 9.59 Å². The van der Waals surface area contributed by atoms with E-state index in [1.165, 1.54) is 11.8 Å². The molecule has 1 aliphatic heterocycles. The topological polar surface area (TPSA) is 101 Å². The second-order valence-corrected chi connectivity index (χ2v) is 8.81. The third-order valence-electron chi connectivity index (χ3n) is 4.72. The van der Waals surface area contributed by atoms with Crippen molar-refractivity contribution < 1.29 is 28.4 Å². The molecule has 2 heterocycles. The quantitative estimate of drug-likeness (QED) is 0.592. The zero-order valence-corrected chi connectivity index (χ0v) is 17.9. The van der Waals surface area contributed by atoms with Crippen molar-refractivity contribution in [3.8, 4) is 0 Å². The van der Waals surface area contributed by atoms with Gasteiger partial charge in [0.25, 0.3) is 0 Å². The molecule has 0 radical (unpaired) electrons. The molecule has 2 rings (SSSR count). The molecule has 1 aromatic heterocycles. The number of carbonyl (C=O) groups excluding carboxylic acids is 2. The highest BCUT2D eigenvalue weighted by Crippen LogP contribution is 2.36. The molecule has 1 N–H and O–H groups in total. The maximum absolute atomic E-state index is 12.1. The highest BCUT2D eigenvalue weighted by Gasteiger charge is 2.52. The van der Waals surface area contributed by atoms with E-state index in [0.29, 0.717) is 0 Å². The van der Waals surface area contributed by atoms with E-state index in [4.69, 9.17) is 18.8 Å². The molecular weight excluding hydrogens is 365 g/mol. The minimum Gasteiger partial charge on any atom is -0.467 e. The minimum atomic E-state index is -0.953. The van der Waals surface area contributed by atoms with Gasteiger partial charge in [-0.25, -0.2) is 9.59 Å². The summed E-state index contributed by atoms with van der Waals surface area (Å²) in [7, 11) is 0.694. The van der Waals surface area contributed by atoms with Gasteiger partial charge in [0.1, 0.15) is 11.6 Å². The molecule has 1 fully saturated rings. The Labute approximate surface area is 166 Å². The van der Waals surface area contributed by atoms with E-state index in [1.807, 2.05) is 27.7 Å². The lowest BCUT2D eigenvalue weighted by atomic mass is 9.82. The van der Waals surface area contributed by atoms with Gasteiger partial charge in [0, 0.05) is 17.9 Å². The van der Waals surface area contributed by atoms with Crippen molar-refractivity contribution in [2.24, 2.45) is 0 Å².